The molecule has 7 heteroatoms. The maximum atomic E-state index is 12.9. The van der Waals surface area contributed by atoms with Gasteiger partial charge in [-0.15, -0.1) is 11.3 Å². The summed E-state index contributed by atoms with van der Waals surface area (Å²) in [5.41, 5.74) is 1.74. The second-order valence-corrected chi connectivity index (χ2v) is 8.29. The molecule has 154 valence electrons. The van der Waals surface area contributed by atoms with Crippen LogP contribution in [0.3, 0.4) is 0 Å². The number of nitrogens with one attached hydrogen (secondary N) is 1. The molecule has 0 radical (unpaired) electrons. The molecule has 0 bridgehead atoms. The van der Waals surface area contributed by atoms with Gasteiger partial charge in [-0.2, -0.15) is 0 Å². The van der Waals surface area contributed by atoms with Gasteiger partial charge in [-0.1, -0.05) is 23.8 Å². The number of ether oxygens (including phenoxy) is 1. The van der Waals surface area contributed by atoms with Gasteiger partial charge in [0.1, 0.15) is 0 Å². The number of hydrogen-bond donors (Lipinski definition) is 1. The summed E-state index contributed by atoms with van der Waals surface area (Å²) >= 11 is 1.49. The second-order valence-electron chi connectivity index (χ2n) is 7.31. The predicted molar refractivity (Wildman–Crippen MR) is 112 cm³/mol. The van der Waals surface area contributed by atoms with Gasteiger partial charge in [0.25, 0.3) is 5.91 Å². The SMILES string of the molecule is COC(=O)CC(NC(=O)C1CCCN(C(=O)c2ccc(C)cc2)C1)c1cccs1. The predicted octanol–water partition coefficient (Wildman–Crippen LogP) is 3.33. The number of carbonyl (C=O) groups is 3. The van der Waals surface area contributed by atoms with Crippen molar-refractivity contribution < 1.29 is 19.1 Å². The summed E-state index contributed by atoms with van der Waals surface area (Å²) in [6, 6.07) is 10.8. The summed E-state index contributed by atoms with van der Waals surface area (Å²) in [4.78, 5) is 40.2. The molecule has 2 amide bonds. The Hall–Kier alpha value is -2.67. The highest BCUT2D eigenvalue weighted by molar-refractivity contribution is 7.10. The normalized spacial score (nSPS) is 17.4. The number of piperidine rings is 1. The lowest BCUT2D eigenvalue weighted by Gasteiger charge is -2.33. The van der Waals surface area contributed by atoms with Crippen LogP contribution in [0.5, 0.6) is 0 Å². The number of rotatable bonds is 6. The van der Waals surface area contributed by atoms with Gasteiger partial charge in [-0.3, -0.25) is 14.4 Å². The van der Waals surface area contributed by atoms with Gasteiger partial charge in [-0.25, -0.2) is 0 Å². The Balaban J connectivity index is 1.65. The summed E-state index contributed by atoms with van der Waals surface area (Å²) in [6.07, 6.45) is 1.58. The van der Waals surface area contributed by atoms with Crippen LogP contribution in [0.2, 0.25) is 0 Å². The quantitative estimate of drug-likeness (QED) is 0.736. The van der Waals surface area contributed by atoms with Gasteiger partial charge >= 0.3 is 5.97 Å². The van der Waals surface area contributed by atoms with Crippen molar-refractivity contribution in [2.24, 2.45) is 5.92 Å². The summed E-state index contributed by atoms with van der Waals surface area (Å²) in [5, 5.41) is 4.90. The molecule has 1 N–H and O–H groups in total. The van der Waals surface area contributed by atoms with Gasteiger partial charge in [0.2, 0.25) is 5.91 Å². The summed E-state index contributed by atoms with van der Waals surface area (Å²) in [7, 11) is 1.34. The zero-order valence-corrected chi connectivity index (χ0v) is 17.5. The van der Waals surface area contributed by atoms with E-state index >= 15 is 0 Å². The van der Waals surface area contributed by atoms with E-state index in [9.17, 15) is 14.4 Å². The van der Waals surface area contributed by atoms with Gasteiger partial charge in [0.15, 0.2) is 0 Å². The average molecular weight is 415 g/mol. The largest absolute Gasteiger partial charge is 0.469 e. The molecule has 2 atom stereocenters. The molecule has 1 aromatic heterocycles. The van der Waals surface area contributed by atoms with Crippen molar-refractivity contribution >= 4 is 29.1 Å². The minimum atomic E-state index is -0.418. The Morgan fingerprint density at radius 3 is 2.66 bits per heavy atom. The molecule has 3 rings (SSSR count). The maximum absolute atomic E-state index is 12.9. The number of benzene rings is 1. The highest BCUT2D eigenvalue weighted by atomic mass is 32.1. The van der Waals surface area contributed by atoms with Gasteiger partial charge in [-0.05, 0) is 43.3 Å². The standard InChI is InChI=1S/C22H26N2O4S/c1-15-7-9-16(10-8-15)22(27)24-11-3-5-17(14-24)21(26)23-18(13-20(25)28-2)19-6-4-12-29-19/h4,6-10,12,17-18H,3,5,11,13-14H2,1-2H3,(H,23,26). The van der Waals surface area contributed by atoms with Crippen LogP contribution in [0.15, 0.2) is 41.8 Å². The van der Waals surface area contributed by atoms with E-state index < -0.39 is 6.04 Å². The lowest BCUT2D eigenvalue weighted by Crippen LogP contribution is -2.46. The van der Waals surface area contributed by atoms with Crippen molar-refractivity contribution in [3.8, 4) is 0 Å². The molecule has 29 heavy (non-hydrogen) atoms. The van der Waals surface area contributed by atoms with Crippen molar-refractivity contribution in [3.63, 3.8) is 0 Å². The molecule has 1 fully saturated rings. The van der Waals surface area contributed by atoms with Crippen molar-refractivity contribution in [2.45, 2.75) is 32.2 Å². The Morgan fingerprint density at radius 1 is 1.24 bits per heavy atom. The first kappa shape index (κ1) is 21.0. The molecule has 6 nitrogen and oxygen atoms in total. The van der Waals surface area contributed by atoms with Gasteiger partial charge < -0.3 is 15.0 Å². The van der Waals surface area contributed by atoms with Crippen LogP contribution < -0.4 is 5.32 Å². The van der Waals surface area contributed by atoms with Crippen LogP contribution in [0.25, 0.3) is 0 Å². The zero-order chi connectivity index (χ0) is 20.8. The van der Waals surface area contributed by atoms with E-state index in [2.05, 4.69) is 5.32 Å². The highest BCUT2D eigenvalue weighted by Crippen LogP contribution is 2.25. The lowest BCUT2D eigenvalue weighted by atomic mass is 9.95. The van der Waals surface area contributed by atoms with E-state index in [0.29, 0.717) is 18.7 Å². The van der Waals surface area contributed by atoms with Crippen molar-refractivity contribution in [2.75, 3.05) is 20.2 Å². The smallest absolute Gasteiger partial charge is 0.307 e. The third-order valence-corrected chi connectivity index (χ3v) is 6.17. The number of likely N-dealkylation sites (tertiary alicyclic amines) is 1. The molecule has 1 saturated heterocycles. The molecule has 0 spiro atoms. The van der Waals surface area contributed by atoms with E-state index in [0.717, 1.165) is 23.3 Å². The molecule has 2 heterocycles. The molecule has 0 saturated carbocycles. The first-order valence-electron chi connectivity index (χ1n) is 9.74. The Morgan fingerprint density at radius 2 is 2.00 bits per heavy atom. The third-order valence-electron chi connectivity index (χ3n) is 5.18. The summed E-state index contributed by atoms with van der Waals surface area (Å²) in [5.74, 6) is -0.845. The molecule has 2 unspecified atom stereocenters. The maximum Gasteiger partial charge on any atom is 0.307 e. The van der Waals surface area contributed by atoms with Crippen LogP contribution in [0, 0.1) is 12.8 Å². The number of amides is 2. The zero-order valence-electron chi connectivity index (χ0n) is 16.7. The number of esters is 1. The van der Waals surface area contributed by atoms with Crippen LogP contribution in [-0.4, -0.2) is 42.9 Å². The molecular weight excluding hydrogens is 388 g/mol. The number of thiophene rings is 1. The minimum absolute atomic E-state index is 0.0492. The Bertz CT molecular complexity index is 848. The van der Waals surface area contributed by atoms with Gasteiger partial charge in [0, 0.05) is 23.5 Å². The van der Waals surface area contributed by atoms with Crippen LogP contribution in [0.1, 0.15) is 46.1 Å². The highest BCUT2D eigenvalue weighted by Gasteiger charge is 2.31. The van der Waals surface area contributed by atoms with E-state index in [-0.39, 0.29) is 30.1 Å². The van der Waals surface area contributed by atoms with E-state index in [1.807, 2.05) is 48.7 Å². The number of methoxy groups -OCH3 is 1. The molecule has 2 aromatic rings. The molecular formula is C22H26N2O4S. The average Bonchev–Trinajstić information content (AvgIpc) is 3.28. The summed E-state index contributed by atoms with van der Waals surface area (Å²) < 4.78 is 4.77. The van der Waals surface area contributed by atoms with Crippen molar-refractivity contribution in [1.82, 2.24) is 10.2 Å². The minimum Gasteiger partial charge on any atom is -0.469 e. The topological polar surface area (TPSA) is 75.7 Å². The monoisotopic (exact) mass is 414 g/mol. The van der Waals surface area contributed by atoms with E-state index in [4.69, 9.17) is 4.74 Å². The first-order chi connectivity index (χ1) is 14.0. The van der Waals surface area contributed by atoms with Crippen LogP contribution >= 0.6 is 11.3 Å². The van der Waals surface area contributed by atoms with Gasteiger partial charge in [0.05, 0.1) is 25.5 Å². The van der Waals surface area contributed by atoms with E-state index in [1.54, 1.807) is 4.90 Å². The Kier molecular flexibility index (Phi) is 7.04. The van der Waals surface area contributed by atoms with Crippen molar-refractivity contribution in [3.05, 3.63) is 57.8 Å². The Labute approximate surface area is 174 Å². The first-order valence-corrected chi connectivity index (χ1v) is 10.6. The molecule has 1 aliphatic heterocycles. The lowest BCUT2D eigenvalue weighted by molar-refractivity contribution is -0.141. The third kappa shape index (κ3) is 5.44. The molecule has 0 aliphatic carbocycles. The number of aryl methyl sites for hydroxylation is 1. The van der Waals surface area contributed by atoms with Crippen LogP contribution in [0.4, 0.5) is 0 Å². The second kappa shape index (κ2) is 9.69. The fourth-order valence-electron chi connectivity index (χ4n) is 3.51. The number of hydrogen-bond acceptors (Lipinski definition) is 5. The molecule has 1 aliphatic rings. The van der Waals surface area contributed by atoms with Crippen LogP contribution in [-0.2, 0) is 14.3 Å². The summed E-state index contributed by atoms with van der Waals surface area (Å²) in [6.45, 7) is 3.01. The number of carbonyl (C=O) groups excluding carboxylic acids is 3. The van der Waals surface area contributed by atoms with E-state index in [1.165, 1.54) is 18.4 Å². The van der Waals surface area contributed by atoms with Crippen molar-refractivity contribution in [1.29, 1.82) is 0 Å². The molecule has 1 aromatic carbocycles. The fraction of sp³-hybridized carbons (Fsp3) is 0.409. The number of nitrogens with zero attached hydrogens (tertiary/aromatic N) is 1. The fourth-order valence-corrected chi connectivity index (χ4v) is 4.28.